The average molecular weight is 670 g/mol. The normalized spacial score (nSPS) is 26.4. The number of hydrogen-bond acceptors (Lipinski definition) is 5. The van der Waals surface area contributed by atoms with Crippen LogP contribution >= 0.6 is 7.37 Å². The third-order valence-corrected chi connectivity index (χ3v) is 14.2. The van der Waals surface area contributed by atoms with Crippen LogP contribution in [0.2, 0.25) is 0 Å². The van der Waals surface area contributed by atoms with E-state index in [9.17, 15) is 14.7 Å². The van der Waals surface area contributed by atoms with Crippen LogP contribution < -0.4 is 5.32 Å². The van der Waals surface area contributed by atoms with E-state index in [1.165, 1.54) is 19.3 Å². The minimum atomic E-state index is -3.81. The minimum absolute atomic E-state index is 0.0989. The lowest BCUT2D eigenvalue weighted by Gasteiger charge is -2.57. The van der Waals surface area contributed by atoms with E-state index in [2.05, 4.69) is 29.6 Å². The average Bonchev–Trinajstić information content (AvgIpc) is 3.36. The second-order valence-electron chi connectivity index (χ2n) is 15.4. The number of alkyl carbamates (subject to hydrolysis) is 1. The Hall–Kier alpha value is -3.41. The van der Waals surface area contributed by atoms with Gasteiger partial charge in [0.05, 0.1) is 11.5 Å². The van der Waals surface area contributed by atoms with Gasteiger partial charge < -0.3 is 19.7 Å². The van der Waals surface area contributed by atoms with Gasteiger partial charge in [-0.1, -0.05) is 92.7 Å². The molecule has 0 saturated heterocycles. The summed E-state index contributed by atoms with van der Waals surface area (Å²) in [5.74, 6) is -1.12. The topological polar surface area (TPSA) is 102 Å². The van der Waals surface area contributed by atoms with Crippen LogP contribution in [0, 0.1) is 29.6 Å². The molecule has 0 radical (unpaired) electrons. The van der Waals surface area contributed by atoms with Crippen molar-refractivity contribution >= 4 is 19.4 Å². The van der Waals surface area contributed by atoms with E-state index >= 15 is 4.57 Å². The number of nitrogens with one attached hydrogen (secondary N) is 1. The molecule has 0 heterocycles. The highest BCUT2D eigenvalue weighted by molar-refractivity contribution is 7.59. The number of aliphatic carboxylic acids is 1. The zero-order valence-corrected chi connectivity index (χ0v) is 28.9. The van der Waals surface area contributed by atoms with Crippen molar-refractivity contribution < 1.29 is 28.5 Å². The second kappa shape index (κ2) is 13.5. The SMILES string of the molecule is CC(C)CC(CP(=O)(OC12CC3CC(CC(C3)C1)C2)C(Cc1ccccc1)NC(=O)OCC1c2ccccc2-c2ccccc21)C(=O)O. The first kappa shape index (κ1) is 33.1. The number of carbonyl (C=O) groups is 2. The Morgan fingerprint density at radius 3 is 1.94 bits per heavy atom. The summed E-state index contributed by atoms with van der Waals surface area (Å²) in [6, 6.07) is 26.0. The summed E-state index contributed by atoms with van der Waals surface area (Å²) in [4.78, 5) is 26.4. The molecule has 3 aromatic carbocycles. The van der Waals surface area contributed by atoms with Crippen LogP contribution in [0.4, 0.5) is 4.79 Å². The van der Waals surface area contributed by atoms with Crippen molar-refractivity contribution in [2.24, 2.45) is 29.6 Å². The summed E-state index contributed by atoms with van der Waals surface area (Å²) in [5.41, 5.74) is 4.86. The molecule has 3 atom stereocenters. The Morgan fingerprint density at radius 1 is 0.854 bits per heavy atom. The summed E-state index contributed by atoms with van der Waals surface area (Å²) in [6.07, 6.45) is 6.01. The number of carboxylic acid groups (broad SMARTS) is 1. The Labute approximate surface area is 284 Å². The van der Waals surface area contributed by atoms with Crippen molar-refractivity contribution in [2.45, 2.75) is 82.5 Å². The van der Waals surface area contributed by atoms with Crippen molar-refractivity contribution in [1.29, 1.82) is 0 Å². The van der Waals surface area contributed by atoms with Crippen molar-refractivity contribution in [1.82, 2.24) is 5.32 Å². The first-order valence-electron chi connectivity index (χ1n) is 17.8. The molecule has 2 N–H and O–H groups in total. The molecule has 0 aromatic heterocycles. The van der Waals surface area contributed by atoms with Crippen LogP contribution in [-0.2, 0) is 25.0 Å². The molecule has 8 rings (SSSR count). The highest BCUT2D eigenvalue weighted by atomic mass is 31.2. The van der Waals surface area contributed by atoms with Gasteiger partial charge in [-0.3, -0.25) is 9.36 Å². The summed E-state index contributed by atoms with van der Waals surface area (Å²) in [5, 5.41) is 13.4. The molecule has 4 fully saturated rings. The van der Waals surface area contributed by atoms with Gasteiger partial charge in [0.2, 0.25) is 7.37 Å². The predicted molar refractivity (Wildman–Crippen MR) is 187 cm³/mol. The van der Waals surface area contributed by atoms with Gasteiger partial charge >= 0.3 is 12.1 Å². The van der Waals surface area contributed by atoms with Gasteiger partial charge in [-0.2, -0.15) is 0 Å². The molecule has 0 spiro atoms. The van der Waals surface area contributed by atoms with Crippen LogP contribution in [-0.4, -0.2) is 41.3 Å². The number of benzene rings is 3. The van der Waals surface area contributed by atoms with Crippen LogP contribution in [0.1, 0.15) is 81.4 Å². The van der Waals surface area contributed by atoms with E-state index in [0.29, 0.717) is 24.2 Å². The monoisotopic (exact) mass is 669 g/mol. The number of carbonyl (C=O) groups excluding carboxylic acids is 1. The number of rotatable bonds is 13. The lowest BCUT2D eigenvalue weighted by Crippen LogP contribution is -2.52. The zero-order valence-electron chi connectivity index (χ0n) is 28.1. The molecule has 7 nitrogen and oxygen atoms in total. The molecule has 0 aliphatic heterocycles. The fraction of sp³-hybridized carbons (Fsp3) is 0.500. The second-order valence-corrected chi connectivity index (χ2v) is 18.1. The number of carboxylic acids is 1. The molecule has 48 heavy (non-hydrogen) atoms. The third-order valence-electron chi connectivity index (χ3n) is 11.3. The Balaban J connectivity index is 1.18. The maximum Gasteiger partial charge on any atom is 0.407 e. The van der Waals surface area contributed by atoms with Gasteiger partial charge in [-0.15, -0.1) is 0 Å². The van der Waals surface area contributed by atoms with E-state index in [0.717, 1.165) is 47.1 Å². The van der Waals surface area contributed by atoms with Crippen LogP contribution in [0.3, 0.4) is 0 Å². The van der Waals surface area contributed by atoms with Crippen molar-refractivity contribution in [3.05, 3.63) is 95.6 Å². The van der Waals surface area contributed by atoms with Crippen molar-refractivity contribution in [3.8, 4) is 11.1 Å². The zero-order chi connectivity index (χ0) is 33.5. The number of fused-ring (bicyclic) bond motifs is 3. The first-order valence-corrected chi connectivity index (χ1v) is 19.7. The molecule has 254 valence electrons. The van der Waals surface area contributed by atoms with E-state index in [4.69, 9.17) is 9.26 Å². The van der Waals surface area contributed by atoms with Crippen LogP contribution in [0.5, 0.6) is 0 Å². The van der Waals surface area contributed by atoms with Crippen molar-refractivity contribution in [2.75, 3.05) is 12.8 Å². The number of hydrogen-bond donors (Lipinski definition) is 2. The molecular formula is C40H48NO6P. The molecular weight excluding hydrogens is 621 g/mol. The smallest absolute Gasteiger partial charge is 0.407 e. The Bertz CT molecular complexity index is 1610. The number of ether oxygens (including phenoxy) is 1. The molecule has 3 unspecified atom stereocenters. The fourth-order valence-electron chi connectivity index (χ4n) is 9.73. The Kier molecular flexibility index (Phi) is 9.30. The number of amides is 1. The Morgan fingerprint density at radius 2 is 1.40 bits per heavy atom. The fourth-order valence-corrected chi connectivity index (χ4v) is 12.8. The van der Waals surface area contributed by atoms with Gasteiger partial charge in [0.1, 0.15) is 12.4 Å². The molecule has 4 bridgehead atoms. The van der Waals surface area contributed by atoms with E-state index in [1.54, 1.807) is 0 Å². The summed E-state index contributed by atoms with van der Waals surface area (Å²) >= 11 is 0. The van der Waals surface area contributed by atoms with Crippen LogP contribution in [0.15, 0.2) is 78.9 Å². The first-order chi connectivity index (χ1) is 23.1. The molecule has 3 aromatic rings. The highest BCUT2D eigenvalue weighted by Gasteiger charge is 2.56. The van der Waals surface area contributed by atoms with Crippen molar-refractivity contribution in [3.63, 3.8) is 0 Å². The van der Waals surface area contributed by atoms with E-state index in [-0.39, 0.29) is 31.0 Å². The largest absolute Gasteiger partial charge is 0.481 e. The summed E-state index contributed by atoms with van der Waals surface area (Å²) in [7, 11) is -3.81. The summed E-state index contributed by atoms with van der Waals surface area (Å²) < 4.78 is 28.7. The molecule has 8 heteroatoms. The van der Waals surface area contributed by atoms with Gasteiger partial charge in [0.15, 0.2) is 0 Å². The predicted octanol–water partition coefficient (Wildman–Crippen LogP) is 9.10. The quantitative estimate of drug-likeness (QED) is 0.176. The van der Waals surface area contributed by atoms with Gasteiger partial charge in [0, 0.05) is 18.5 Å². The maximum absolute atomic E-state index is 15.7. The van der Waals surface area contributed by atoms with Gasteiger partial charge in [-0.25, -0.2) is 4.79 Å². The van der Waals surface area contributed by atoms with Crippen LogP contribution in [0.25, 0.3) is 11.1 Å². The minimum Gasteiger partial charge on any atom is -0.481 e. The molecule has 5 aliphatic carbocycles. The third kappa shape index (κ3) is 6.87. The van der Waals surface area contributed by atoms with E-state index in [1.807, 2.05) is 68.4 Å². The van der Waals surface area contributed by atoms with Gasteiger partial charge in [0.25, 0.3) is 0 Å². The molecule has 4 saturated carbocycles. The molecule has 5 aliphatic rings. The standard InChI is InChI=1S/C40H48NO6P/c1-26(2)16-31(38(42)43)25-48(45,47-40-21-28-17-29(22-40)19-30(18-28)23-40)37(20-27-10-4-3-5-11-27)41-39(44)46-24-36-34-14-8-6-12-32(34)33-13-7-9-15-35(33)36/h3-15,26,28-31,36-37H,16-25H2,1-2H3,(H,41,44)(H,42,43). The molecule has 1 amide bonds. The highest BCUT2D eigenvalue weighted by Crippen LogP contribution is 2.65. The van der Waals surface area contributed by atoms with Gasteiger partial charge in [-0.05, 0) is 96.4 Å². The lowest BCUT2D eigenvalue weighted by atomic mass is 9.54. The summed E-state index contributed by atoms with van der Waals surface area (Å²) in [6.45, 7) is 4.09. The van der Waals surface area contributed by atoms with E-state index < -0.39 is 36.7 Å². The maximum atomic E-state index is 15.7. The lowest BCUT2D eigenvalue weighted by molar-refractivity contribution is -0.141.